The zero-order valence-corrected chi connectivity index (χ0v) is 36.8. The highest BCUT2D eigenvalue weighted by atomic mass is 32.2. The number of benzene rings is 1. The molecule has 24 heteroatoms. The van der Waals surface area contributed by atoms with Crippen molar-refractivity contribution >= 4 is 82.4 Å². The van der Waals surface area contributed by atoms with E-state index in [0.717, 1.165) is 11.5 Å². The van der Waals surface area contributed by atoms with Crippen molar-refractivity contribution < 1.29 is 52.7 Å². The minimum absolute atomic E-state index is 0.0152. The van der Waals surface area contributed by atoms with E-state index in [0.29, 0.717) is 29.1 Å². The monoisotopic (exact) mass is 884 g/mol. The third-order valence-corrected chi connectivity index (χ3v) is 11.1. The molecule has 3 aromatic rings. The molecule has 1 saturated heterocycles. The van der Waals surface area contributed by atoms with Gasteiger partial charge in [-0.05, 0) is 59.1 Å². The number of nitrogen functional groups attached to an aromatic ring is 2. The molecule has 8 N–H and O–H groups in total. The summed E-state index contributed by atoms with van der Waals surface area (Å²) < 4.78 is 23.8. The first-order valence-corrected chi connectivity index (χ1v) is 20.9. The number of ether oxygens (including phenoxy) is 3. The molecule has 0 bridgehead atoms. The van der Waals surface area contributed by atoms with E-state index < -0.39 is 59.2 Å². The Morgan fingerprint density at radius 2 is 1.82 bits per heavy atom. The van der Waals surface area contributed by atoms with E-state index >= 15 is 0 Å². The molecule has 2 aliphatic heterocycles. The zero-order valence-electron chi connectivity index (χ0n) is 35.1. The Hall–Kier alpha value is -5.72. The Balaban J connectivity index is 1.39. The van der Waals surface area contributed by atoms with E-state index in [1.807, 2.05) is 0 Å². The van der Waals surface area contributed by atoms with Gasteiger partial charge >= 0.3 is 25.0 Å². The fourth-order valence-electron chi connectivity index (χ4n) is 5.99. The maximum absolute atomic E-state index is 14.1. The maximum atomic E-state index is 14.1. The van der Waals surface area contributed by atoms with Crippen molar-refractivity contribution in [2.75, 3.05) is 42.7 Å². The molecule has 4 heterocycles. The summed E-state index contributed by atoms with van der Waals surface area (Å²) in [5, 5.41) is 21.0. The zero-order chi connectivity index (χ0) is 44.8. The lowest BCUT2D eigenvalue weighted by Crippen LogP contribution is -2.62. The van der Waals surface area contributed by atoms with Gasteiger partial charge in [-0.1, -0.05) is 17.3 Å². The molecule has 21 nitrogen and oxygen atoms in total. The number of anilines is 3. The van der Waals surface area contributed by atoms with E-state index in [-0.39, 0.29) is 60.1 Å². The molecule has 61 heavy (non-hydrogen) atoms. The van der Waals surface area contributed by atoms with Crippen LogP contribution in [-0.2, 0) is 53.7 Å². The summed E-state index contributed by atoms with van der Waals surface area (Å²) in [5.41, 5.74) is 10.9. The van der Waals surface area contributed by atoms with E-state index in [1.54, 1.807) is 74.5 Å². The Bertz CT molecular complexity index is 2200. The number of amides is 3. The lowest BCUT2D eigenvalue weighted by molar-refractivity contribution is -0.765. The van der Waals surface area contributed by atoms with Crippen LogP contribution in [0.2, 0.25) is 6.82 Å². The molecule has 2 aromatic heterocycles. The number of nitrogens with zero attached hydrogens (tertiary/aromatic N) is 6. The second-order valence-electron chi connectivity index (χ2n) is 15.6. The molecule has 0 unspecified atom stereocenters. The number of aromatic nitrogens is 4. The van der Waals surface area contributed by atoms with Crippen molar-refractivity contribution in [3.63, 3.8) is 0 Å². The quantitative estimate of drug-likeness (QED) is 0.0199. The van der Waals surface area contributed by atoms with Crippen LogP contribution in [0.1, 0.15) is 52.4 Å². The van der Waals surface area contributed by atoms with Crippen LogP contribution < -0.4 is 36.7 Å². The summed E-state index contributed by atoms with van der Waals surface area (Å²) in [6.07, 6.45) is 1.23. The van der Waals surface area contributed by atoms with Gasteiger partial charge in [-0.15, -0.1) is 21.1 Å². The number of β-lactam (4-membered cyclic amide) rings is 1. The number of fused-ring (bicyclic) bond motifs is 1. The minimum Gasteiger partial charge on any atom is -0.497 e. The highest BCUT2D eigenvalue weighted by Crippen LogP contribution is 2.46. The number of carbonyl (C=O) groups excluding carboxylic acids is 5. The van der Waals surface area contributed by atoms with Crippen molar-refractivity contribution in [1.29, 1.82) is 0 Å². The lowest BCUT2D eigenvalue weighted by Gasteiger charge is -2.49. The SMILES string of the molecule is COc1ccc(COC(=O)C2=C(C[n+]3cc(NC(=O)NCCNB(C)O)c(N)n3C)CS[C@@H]3[C@H](CC(=O)/C(=N\OC(C)(C)C(=O)OC(C)(C)C)c4nsc(N)n4)C(=O)N23)cc1. The van der Waals surface area contributed by atoms with Crippen molar-refractivity contribution in [3.8, 4) is 5.75 Å². The number of nitrogens with two attached hydrogens (primary N) is 2. The topological polar surface area (TPSA) is 281 Å². The molecular formula is C37H51BN11O10S2+. The van der Waals surface area contributed by atoms with Gasteiger partial charge < -0.3 is 46.1 Å². The molecule has 328 valence electrons. The van der Waals surface area contributed by atoms with Gasteiger partial charge in [-0.25, -0.2) is 14.4 Å². The number of Topliss-reactive ketones (excluding diaryl/α,β-unsaturated/α-hetero) is 1. The van der Waals surface area contributed by atoms with Crippen molar-refractivity contribution in [1.82, 2.24) is 29.5 Å². The first-order valence-electron chi connectivity index (χ1n) is 19.1. The van der Waals surface area contributed by atoms with Gasteiger partial charge in [0.05, 0.1) is 25.4 Å². The number of nitrogens with one attached hydrogen (secondary N) is 3. The molecule has 1 fully saturated rings. The van der Waals surface area contributed by atoms with Gasteiger partial charge in [0.2, 0.25) is 23.5 Å². The first kappa shape index (κ1) is 46.4. The average Bonchev–Trinajstić information content (AvgIpc) is 3.74. The van der Waals surface area contributed by atoms with E-state index in [4.69, 9.17) is 30.5 Å². The second kappa shape index (κ2) is 19.3. The van der Waals surface area contributed by atoms with Crippen molar-refractivity contribution in [3.05, 3.63) is 53.1 Å². The van der Waals surface area contributed by atoms with Crippen LogP contribution in [0.15, 0.2) is 46.9 Å². The normalized spacial score (nSPS) is 16.6. The first-order chi connectivity index (χ1) is 28.7. The summed E-state index contributed by atoms with van der Waals surface area (Å²) >= 11 is 2.17. The molecular weight excluding hydrogens is 833 g/mol. The Labute approximate surface area is 360 Å². The minimum atomic E-state index is -1.62. The number of oxime groups is 1. The predicted octanol–water partition coefficient (Wildman–Crippen LogP) is 1.19. The van der Waals surface area contributed by atoms with Gasteiger partial charge in [-0.2, -0.15) is 9.36 Å². The largest absolute Gasteiger partial charge is 0.497 e. The number of hydrogen-bond donors (Lipinski definition) is 6. The molecule has 3 amide bonds. The number of ketones is 1. The van der Waals surface area contributed by atoms with Gasteiger partial charge in [-0.3, -0.25) is 19.8 Å². The third kappa shape index (κ3) is 11.6. The Morgan fingerprint density at radius 1 is 1.11 bits per heavy atom. The summed E-state index contributed by atoms with van der Waals surface area (Å²) in [5.74, 6) is -2.61. The smallest absolute Gasteiger partial charge is 0.373 e. The summed E-state index contributed by atoms with van der Waals surface area (Å²) in [4.78, 5) is 78.6. The molecule has 0 saturated carbocycles. The van der Waals surface area contributed by atoms with Crippen LogP contribution in [0.4, 0.5) is 21.4 Å². The van der Waals surface area contributed by atoms with Gasteiger partial charge in [0.25, 0.3) is 0 Å². The summed E-state index contributed by atoms with van der Waals surface area (Å²) in [6, 6.07) is 6.43. The summed E-state index contributed by atoms with van der Waals surface area (Å²) in [6.45, 7) is 10.0. The van der Waals surface area contributed by atoms with Crippen LogP contribution in [0.5, 0.6) is 5.75 Å². The number of methoxy groups -OCH3 is 1. The standard InChI is InChI=1S/C37H50BN11O10S2/c1-36(2,3)58-33(53)37(4,5)59-45-26(29-44-34(40)61-46-29)25(50)15-23-30(51)49-27(32(52)57-18-20-9-11-22(56-8)12-10-20)21(19-60-31(23)49)16-48-17-24(28(39)47(48)7)43-35(54)41-13-14-42-38(6)55/h9-12,17,23,31,39,42,55H,13-16,18-19H2,1-8H3,(H4,40,41,43,44,46,54)/p+1/b45-26+/t23-,31-/m1/s1. The summed E-state index contributed by atoms with van der Waals surface area (Å²) in [7, 11) is 2.48. The van der Waals surface area contributed by atoms with E-state index in [9.17, 15) is 29.0 Å². The molecule has 0 aliphatic carbocycles. The Morgan fingerprint density at radius 3 is 2.44 bits per heavy atom. The van der Waals surface area contributed by atoms with Crippen LogP contribution in [0.25, 0.3) is 0 Å². The number of thioether (sulfide) groups is 1. The van der Waals surface area contributed by atoms with Gasteiger partial charge in [0, 0.05) is 42.4 Å². The fourth-order valence-corrected chi connectivity index (χ4v) is 7.83. The number of carbonyl (C=O) groups is 5. The number of urea groups is 1. The fraction of sp³-hybridized carbons (Fsp3) is 0.486. The average molecular weight is 885 g/mol. The highest BCUT2D eigenvalue weighted by molar-refractivity contribution is 8.00. The van der Waals surface area contributed by atoms with Crippen LogP contribution >= 0.6 is 23.3 Å². The van der Waals surface area contributed by atoms with Crippen molar-refractivity contribution in [2.45, 2.75) is 77.6 Å². The third-order valence-electron chi connectivity index (χ3n) is 9.20. The molecule has 2 atom stereocenters. The van der Waals surface area contributed by atoms with E-state index in [1.165, 1.54) is 37.6 Å². The maximum Gasteiger partial charge on any atom is 0.373 e. The van der Waals surface area contributed by atoms with Crippen LogP contribution in [0.3, 0.4) is 0 Å². The number of hydrogen-bond acceptors (Lipinski definition) is 18. The second-order valence-corrected chi connectivity index (χ2v) is 17.5. The van der Waals surface area contributed by atoms with Gasteiger partial charge in [0.15, 0.2) is 34.7 Å². The molecule has 2 aliphatic rings. The number of esters is 2. The molecule has 1 aromatic carbocycles. The van der Waals surface area contributed by atoms with Crippen LogP contribution in [-0.4, -0.2) is 109 Å². The van der Waals surface area contributed by atoms with Crippen molar-refractivity contribution in [2.24, 2.45) is 18.1 Å². The predicted molar refractivity (Wildman–Crippen MR) is 227 cm³/mol. The Kier molecular flexibility index (Phi) is 14.7. The van der Waals surface area contributed by atoms with E-state index in [2.05, 4.69) is 30.4 Å². The van der Waals surface area contributed by atoms with Crippen LogP contribution in [0, 0.1) is 5.92 Å². The molecule has 5 rings (SSSR count). The number of rotatable bonds is 18. The lowest BCUT2D eigenvalue weighted by atomic mass is 9.89. The van der Waals surface area contributed by atoms with Gasteiger partial charge in [0.1, 0.15) is 23.7 Å². The molecule has 0 spiro atoms. The highest BCUT2D eigenvalue weighted by Gasteiger charge is 2.55. The molecule has 0 radical (unpaired) electrons.